The maximum absolute atomic E-state index is 10.3. The Morgan fingerprint density at radius 3 is 1.13 bits per heavy atom. The SMILES string of the molecule is COc1nc(C(C)C)ccc1-c1cnc2sc(N3C[C@H]4C[C@H](O)[C@@H](N=[N+]=[N-])C[C@H]4C3)nn12.COc1nc(C(C)C)ccc1-c1cnc2sc(N3C[C@H]4C[C@H](O)[C@@H](N=[N+]=[N-])C[C@H]4C3)nn12.COc1nc(C(C)C)ccc1B(O)O.[N-]=[N+]=N[C@H]1C[C@H]2CN(c3nn4c(I)cnc4s3)C[C@H]2C[C@@H]1O. The lowest BCUT2D eigenvalue weighted by Gasteiger charge is -2.32. The van der Waals surface area contributed by atoms with Gasteiger partial charge in [-0.25, -0.2) is 38.9 Å². The van der Waals surface area contributed by atoms with Crippen molar-refractivity contribution in [1.82, 2.24) is 58.7 Å². The van der Waals surface area contributed by atoms with Crippen molar-refractivity contribution in [3.63, 3.8) is 0 Å². The standard InChI is InChI=1S/2C21H26N8O2S.C12H14IN7OS.C9H14BNO3/c2*1-11(2)15-5-4-14(19(24-15)31-3)17-8-23-20-29(17)26-21(32-20)28-9-12-6-16(25-27-22)18(30)7-13(12)10-28;13-10-3-15-11-20(10)17-12(22-11)19-4-6-1-8(16-18-14)9(21)2-7(6)5-19;1-6(2)8-5-4-7(10(12)13)9(11-8)14-3/h2*4-5,8,11-13,16,18,30H,6-7,9-10H2,1-3H3;3,6-9,21H,1-2,4-5H2;4-6,12-13H,1-3H3/t2*12-,13+,16-,18-;6-,7+,8-,9-;/m000./s1. The van der Waals surface area contributed by atoms with Crippen LogP contribution in [0.1, 0.15) is 115 Å². The number of aliphatic hydroxyl groups is 3. The van der Waals surface area contributed by atoms with Crippen molar-refractivity contribution in [2.45, 2.75) is 134 Å². The van der Waals surface area contributed by atoms with Gasteiger partial charge >= 0.3 is 7.12 Å². The average Bonchev–Trinajstić information content (AvgIpc) is 1.62. The summed E-state index contributed by atoms with van der Waals surface area (Å²) in [6.07, 6.45) is 7.97. The summed E-state index contributed by atoms with van der Waals surface area (Å²) in [7, 11) is 3.17. The minimum absolute atomic E-state index is 0.270. The second-order valence-electron chi connectivity index (χ2n) is 27.1. The summed E-state index contributed by atoms with van der Waals surface area (Å²) in [4.78, 5) is 45.0. The number of methoxy groups -OCH3 is 3. The third kappa shape index (κ3) is 15.2. The second kappa shape index (κ2) is 31.1. The summed E-state index contributed by atoms with van der Waals surface area (Å²) in [6, 6.07) is 10.5. The van der Waals surface area contributed by atoms with E-state index >= 15 is 0 Å². The molecule has 528 valence electrons. The normalized spacial score (nSPS) is 24.5. The maximum Gasteiger partial charge on any atom is 0.494 e. The van der Waals surface area contributed by atoms with Crippen LogP contribution in [0.2, 0.25) is 0 Å². The van der Waals surface area contributed by atoms with Gasteiger partial charge in [-0.3, -0.25) is 0 Å². The largest absolute Gasteiger partial charge is 0.494 e. The topological polar surface area (TPSA) is 414 Å². The Balaban J connectivity index is 0.000000132. The minimum Gasteiger partial charge on any atom is -0.481 e. The zero-order valence-electron chi connectivity index (χ0n) is 56.7. The van der Waals surface area contributed by atoms with Gasteiger partial charge in [0.25, 0.3) is 0 Å². The quantitative estimate of drug-likeness (QED) is 0.0209. The maximum atomic E-state index is 10.3. The molecule has 6 fully saturated rings. The Hall–Kier alpha value is -7.93. The minimum atomic E-state index is -1.54. The van der Waals surface area contributed by atoms with Crippen molar-refractivity contribution in [1.29, 1.82) is 0 Å². The van der Waals surface area contributed by atoms with Crippen LogP contribution in [0.25, 0.3) is 68.7 Å². The zero-order valence-corrected chi connectivity index (χ0v) is 61.3. The third-order valence-electron chi connectivity index (χ3n) is 19.8. The Morgan fingerprint density at radius 1 is 0.480 bits per heavy atom. The molecule has 12 atom stereocenters. The number of rotatable bonds is 15. The van der Waals surface area contributed by atoms with E-state index < -0.39 is 25.4 Å². The van der Waals surface area contributed by atoms with Crippen LogP contribution in [0.5, 0.6) is 17.6 Å². The molecule has 12 heterocycles. The van der Waals surface area contributed by atoms with Crippen molar-refractivity contribution >= 4 is 99.5 Å². The lowest BCUT2D eigenvalue weighted by atomic mass is 9.78. The van der Waals surface area contributed by atoms with Gasteiger partial charge in [0.1, 0.15) is 3.70 Å². The predicted octanol–water partition coefficient (Wildman–Crippen LogP) is 9.92. The van der Waals surface area contributed by atoms with E-state index in [1.807, 2.05) is 70.2 Å². The van der Waals surface area contributed by atoms with E-state index in [-0.39, 0.29) is 35.4 Å². The van der Waals surface area contributed by atoms with Crippen LogP contribution in [0.4, 0.5) is 15.4 Å². The monoisotopic (exact) mass is 1530 g/mol. The first kappa shape index (κ1) is 71.9. The van der Waals surface area contributed by atoms with E-state index in [0.717, 1.165) is 119 Å². The van der Waals surface area contributed by atoms with Crippen molar-refractivity contribution in [3.05, 3.63) is 107 Å². The predicted molar refractivity (Wildman–Crippen MR) is 390 cm³/mol. The van der Waals surface area contributed by atoms with Gasteiger partial charge in [0.15, 0.2) is 0 Å². The van der Waals surface area contributed by atoms with E-state index in [2.05, 4.69) is 130 Å². The zero-order chi connectivity index (χ0) is 70.8. The van der Waals surface area contributed by atoms with Gasteiger partial charge in [-0.05, 0) is 161 Å². The Bertz CT molecular complexity index is 4320. The number of hydrogen-bond acceptors (Lipinski definition) is 26. The Labute approximate surface area is 601 Å². The number of aromatic nitrogens is 12. The number of ether oxygens (including phenoxy) is 3. The first-order valence-corrected chi connectivity index (χ1v) is 36.8. The highest BCUT2D eigenvalue weighted by Gasteiger charge is 2.45. The van der Waals surface area contributed by atoms with Gasteiger partial charge in [-0.15, -0.1) is 15.3 Å². The molecule has 0 aromatic carbocycles. The molecule has 5 N–H and O–H groups in total. The van der Waals surface area contributed by atoms with E-state index in [9.17, 15) is 15.3 Å². The highest BCUT2D eigenvalue weighted by Crippen LogP contribution is 2.45. The van der Waals surface area contributed by atoms with Crippen LogP contribution in [-0.4, -0.2) is 188 Å². The van der Waals surface area contributed by atoms with Crippen molar-refractivity contribution in [2.75, 3.05) is 75.3 Å². The first-order valence-electron chi connectivity index (χ1n) is 33.3. The molecule has 0 spiro atoms. The van der Waals surface area contributed by atoms with Crippen molar-refractivity contribution < 1.29 is 39.6 Å². The summed E-state index contributed by atoms with van der Waals surface area (Å²) < 4.78 is 22.7. The number of aliphatic hydroxyl groups excluding tert-OH is 3. The number of fused-ring (bicyclic) bond motifs is 6. The van der Waals surface area contributed by atoms with Crippen molar-refractivity contribution in [3.8, 4) is 40.2 Å². The molecule has 0 amide bonds. The number of nitrogens with zero attached hydrogens (tertiary/aromatic N) is 24. The highest BCUT2D eigenvalue weighted by atomic mass is 127. The van der Waals surface area contributed by atoms with Gasteiger partial charge in [-0.2, -0.15) is 4.52 Å². The Morgan fingerprint density at radius 2 is 0.800 bits per heavy atom. The fraction of sp³-hybridized carbons (Fsp3) is 0.571. The molecular formula is C63H80BIN24O8S3. The van der Waals surface area contributed by atoms with E-state index in [1.165, 1.54) is 7.11 Å². The molecule has 9 aromatic rings. The van der Waals surface area contributed by atoms with E-state index in [1.54, 1.807) is 60.4 Å². The van der Waals surface area contributed by atoms with Crippen LogP contribution in [0, 0.1) is 39.2 Å². The van der Waals surface area contributed by atoms with E-state index in [4.69, 9.17) is 51.0 Å². The first-order chi connectivity index (χ1) is 48.2. The molecule has 3 saturated heterocycles. The Kier molecular flexibility index (Phi) is 22.4. The molecule has 37 heteroatoms. The summed E-state index contributed by atoms with van der Waals surface area (Å²) in [5.74, 6) is 4.72. The molecule has 9 aromatic heterocycles. The lowest BCUT2D eigenvalue weighted by Crippen LogP contribution is -2.37. The van der Waals surface area contributed by atoms with Gasteiger partial charge in [-0.1, -0.05) is 97.0 Å². The fourth-order valence-corrected chi connectivity index (χ4v) is 17.8. The second-order valence-corrected chi connectivity index (χ2v) is 31.0. The summed E-state index contributed by atoms with van der Waals surface area (Å²) in [5.41, 5.74) is 32.7. The number of azide groups is 3. The van der Waals surface area contributed by atoms with Gasteiger partial charge < -0.3 is 54.3 Å². The van der Waals surface area contributed by atoms with Gasteiger partial charge in [0, 0.05) is 76.5 Å². The smallest absolute Gasteiger partial charge is 0.481 e. The molecule has 32 nitrogen and oxygen atoms in total. The number of anilines is 3. The summed E-state index contributed by atoms with van der Waals surface area (Å²) in [5, 5.41) is 77.2. The number of halogens is 1. The van der Waals surface area contributed by atoms with Crippen LogP contribution in [0.3, 0.4) is 0 Å². The van der Waals surface area contributed by atoms with Crippen LogP contribution < -0.4 is 34.4 Å². The average molecular weight is 1540 g/mol. The molecule has 0 radical (unpaired) electrons. The molecule has 100 heavy (non-hydrogen) atoms. The molecule has 6 aliphatic rings. The molecule has 15 rings (SSSR count). The molecule has 3 saturated carbocycles. The van der Waals surface area contributed by atoms with Crippen LogP contribution in [0.15, 0.2) is 70.3 Å². The highest BCUT2D eigenvalue weighted by molar-refractivity contribution is 14.1. The van der Waals surface area contributed by atoms with Gasteiger partial charge in [0.05, 0.1) is 98.9 Å². The fourth-order valence-electron chi connectivity index (χ4n) is 14.4. The van der Waals surface area contributed by atoms with Crippen LogP contribution >= 0.6 is 56.6 Å². The summed E-state index contributed by atoms with van der Waals surface area (Å²) in [6.45, 7) is 17.6. The number of imidazole rings is 3. The van der Waals surface area contributed by atoms with Crippen molar-refractivity contribution in [2.24, 2.45) is 50.9 Å². The number of pyridine rings is 3. The molecule has 3 aliphatic carbocycles. The molecule has 0 unspecified atom stereocenters. The summed E-state index contributed by atoms with van der Waals surface area (Å²) >= 11 is 6.91. The number of hydrogen-bond donors (Lipinski definition) is 5. The molecule has 0 bridgehead atoms. The van der Waals surface area contributed by atoms with Crippen LogP contribution in [-0.2, 0) is 0 Å². The van der Waals surface area contributed by atoms with E-state index in [0.29, 0.717) is 91.2 Å². The molecule has 3 aliphatic heterocycles. The van der Waals surface area contributed by atoms with Gasteiger partial charge in [0.2, 0.25) is 47.9 Å². The lowest BCUT2D eigenvalue weighted by molar-refractivity contribution is 0.0664. The molecular weight excluding hydrogens is 1450 g/mol. The third-order valence-corrected chi connectivity index (χ3v) is 23.5.